The summed E-state index contributed by atoms with van der Waals surface area (Å²) in [5, 5.41) is 6.76. The van der Waals surface area contributed by atoms with Crippen LogP contribution < -0.4 is 15.4 Å². The van der Waals surface area contributed by atoms with Gasteiger partial charge < -0.3 is 15.4 Å². The van der Waals surface area contributed by atoms with Crippen molar-refractivity contribution in [2.75, 3.05) is 11.9 Å². The molecule has 0 aliphatic carbocycles. The molecule has 30 heavy (non-hydrogen) atoms. The van der Waals surface area contributed by atoms with Crippen LogP contribution in [0.3, 0.4) is 0 Å². The van der Waals surface area contributed by atoms with Crippen molar-refractivity contribution in [2.24, 2.45) is 5.41 Å². The Kier molecular flexibility index (Phi) is 8.80. The van der Waals surface area contributed by atoms with Crippen molar-refractivity contribution in [1.29, 1.82) is 0 Å². The van der Waals surface area contributed by atoms with E-state index in [1.807, 2.05) is 39.8 Å². The molecule has 162 valence electrons. The Balaban J connectivity index is 1.85. The van der Waals surface area contributed by atoms with Crippen LogP contribution in [0.5, 0.6) is 5.75 Å². The SMILES string of the molecule is Cc1ccc(C)c(OCCCC(C)(C)C(=O)NC(=S)Nc2cc(Cl)c(Cl)cc2Cl)c1. The third-order valence-corrected chi connectivity index (χ3v) is 5.89. The molecule has 0 radical (unpaired) electrons. The summed E-state index contributed by atoms with van der Waals surface area (Å²) in [5.41, 5.74) is 2.09. The second kappa shape index (κ2) is 10.7. The summed E-state index contributed by atoms with van der Waals surface area (Å²) in [5.74, 6) is 0.684. The van der Waals surface area contributed by atoms with Crippen LogP contribution in [0, 0.1) is 19.3 Å². The zero-order chi connectivity index (χ0) is 22.5. The van der Waals surface area contributed by atoms with Crippen molar-refractivity contribution in [3.05, 3.63) is 56.5 Å². The average molecular weight is 488 g/mol. The van der Waals surface area contributed by atoms with E-state index in [0.29, 0.717) is 33.8 Å². The summed E-state index contributed by atoms with van der Waals surface area (Å²) in [6.45, 7) is 8.31. The Bertz CT molecular complexity index is 948. The molecule has 0 spiro atoms. The predicted molar refractivity (Wildman–Crippen MR) is 130 cm³/mol. The molecule has 0 atom stereocenters. The van der Waals surface area contributed by atoms with Gasteiger partial charge in [-0.2, -0.15) is 0 Å². The maximum atomic E-state index is 12.7. The number of benzene rings is 2. The van der Waals surface area contributed by atoms with Crippen molar-refractivity contribution >= 4 is 63.7 Å². The lowest BCUT2D eigenvalue weighted by Crippen LogP contribution is -2.42. The van der Waals surface area contributed by atoms with Gasteiger partial charge in [-0.25, -0.2) is 0 Å². The fourth-order valence-electron chi connectivity index (χ4n) is 2.72. The molecule has 0 aromatic heterocycles. The predicted octanol–water partition coefficient (Wildman–Crippen LogP) is 6.96. The third kappa shape index (κ3) is 7.02. The molecule has 0 unspecified atom stereocenters. The fourth-order valence-corrected chi connectivity index (χ4v) is 3.51. The van der Waals surface area contributed by atoms with E-state index in [1.54, 1.807) is 6.07 Å². The van der Waals surface area contributed by atoms with Crippen LogP contribution in [0.2, 0.25) is 15.1 Å². The number of carbonyl (C=O) groups is 1. The number of thiocarbonyl (C=S) groups is 1. The van der Waals surface area contributed by atoms with Gasteiger partial charge in [0, 0.05) is 5.41 Å². The van der Waals surface area contributed by atoms with Gasteiger partial charge in [-0.3, -0.25) is 4.79 Å². The lowest BCUT2D eigenvalue weighted by Gasteiger charge is -2.24. The maximum absolute atomic E-state index is 12.7. The number of hydrogen-bond acceptors (Lipinski definition) is 3. The molecule has 0 saturated carbocycles. The number of aryl methyl sites for hydroxylation is 2. The van der Waals surface area contributed by atoms with Gasteiger partial charge in [-0.1, -0.05) is 60.8 Å². The lowest BCUT2D eigenvalue weighted by molar-refractivity contribution is -0.128. The first-order valence-electron chi connectivity index (χ1n) is 9.46. The molecule has 0 aliphatic heterocycles. The first-order chi connectivity index (χ1) is 14.0. The Morgan fingerprint density at radius 3 is 2.43 bits per heavy atom. The summed E-state index contributed by atoms with van der Waals surface area (Å²) in [7, 11) is 0. The number of hydrogen-bond donors (Lipinski definition) is 2. The van der Waals surface area contributed by atoms with E-state index < -0.39 is 5.41 Å². The summed E-state index contributed by atoms with van der Waals surface area (Å²) in [4.78, 5) is 12.7. The van der Waals surface area contributed by atoms with E-state index in [9.17, 15) is 4.79 Å². The Labute approximate surface area is 198 Å². The summed E-state index contributed by atoms with van der Waals surface area (Å²) >= 11 is 23.3. The Morgan fingerprint density at radius 2 is 1.73 bits per heavy atom. The summed E-state index contributed by atoms with van der Waals surface area (Å²) in [6.07, 6.45) is 1.37. The van der Waals surface area contributed by atoms with Gasteiger partial charge in [0.05, 0.1) is 27.4 Å². The zero-order valence-corrected chi connectivity index (χ0v) is 20.5. The van der Waals surface area contributed by atoms with Crippen LogP contribution >= 0.6 is 47.0 Å². The van der Waals surface area contributed by atoms with E-state index in [0.717, 1.165) is 23.3 Å². The molecule has 0 bridgehead atoms. The normalized spacial score (nSPS) is 11.2. The van der Waals surface area contributed by atoms with Gasteiger partial charge in [-0.05, 0) is 68.2 Å². The van der Waals surface area contributed by atoms with Crippen molar-refractivity contribution < 1.29 is 9.53 Å². The number of halogens is 3. The maximum Gasteiger partial charge on any atom is 0.231 e. The highest BCUT2D eigenvalue weighted by Crippen LogP contribution is 2.32. The molecular formula is C22H25Cl3N2O2S. The minimum atomic E-state index is -0.627. The fraction of sp³-hybridized carbons (Fsp3) is 0.364. The lowest BCUT2D eigenvalue weighted by atomic mass is 9.87. The first-order valence-corrected chi connectivity index (χ1v) is 11.0. The Morgan fingerprint density at radius 1 is 1.07 bits per heavy atom. The van der Waals surface area contributed by atoms with Crippen molar-refractivity contribution in [1.82, 2.24) is 5.32 Å². The highest BCUT2D eigenvalue weighted by molar-refractivity contribution is 7.80. The van der Waals surface area contributed by atoms with Gasteiger partial charge in [0.15, 0.2) is 5.11 Å². The molecule has 2 rings (SSSR count). The number of nitrogens with one attached hydrogen (secondary N) is 2. The molecule has 4 nitrogen and oxygen atoms in total. The number of anilines is 1. The van der Waals surface area contributed by atoms with E-state index in [4.69, 9.17) is 51.8 Å². The largest absolute Gasteiger partial charge is 0.493 e. The summed E-state index contributed by atoms with van der Waals surface area (Å²) in [6, 6.07) is 9.18. The zero-order valence-electron chi connectivity index (χ0n) is 17.4. The quantitative estimate of drug-likeness (QED) is 0.252. The van der Waals surface area contributed by atoms with E-state index in [2.05, 4.69) is 16.7 Å². The molecule has 0 saturated heterocycles. The molecule has 1 amide bonds. The number of amides is 1. The van der Waals surface area contributed by atoms with Crippen LogP contribution in [0.25, 0.3) is 0 Å². The van der Waals surface area contributed by atoms with Crippen molar-refractivity contribution in [3.8, 4) is 5.75 Å². The number of ether oxygens (including phenoxy) is 1. The third-order valence-electron chi connectivity index (χ3n) is 4.65. The standard InChI is InChI=1S/C22H25Cl3N2O2S/c1-13-6-7-14(2)19(10-13)29-9-5-8-22(3,4)20(28)27-21(30)26-18-12-16(24)15(23)11-17(18)25/h6-7,10-12H,5,8-9H2,1-4H3,(H2,26,27,28,30). The van der Waals surface area contributed by atoms with Crippen LogP contribution in [0.1, 0.15) is 37.8 Å². The summed E-state index contributed by atoms with van der Waals surface area (Å²) < 4.78 is 5.88. The molecule has 0 fully saturated rings. The number of rotatable bonds is 7. The van der Waals surface area contributed by atoms with E-state index >= 15 is 0 Å². The molecule has 8 heteroatoms. The second-order valence-corrected chi connectivity index (χ2v) is 9.39. The van der Waals surface area contributed by atoms with Crippen LogP contribution in [-0.4, -0.2) is 17.6 Å². The highest BCUT2D eigenvalue weighted by Gasteiger charge is 2.28. The number of carbonyl (C=O) groups excluding carboxylic acids is 1. The molecule has 2 aromatic carbocycles. The van der Waals surface area contributed by atoms with Gasteiger partial charge in [0.25, 0.3) is 0 Å². The van der Waals surface area contributed by atoms with Gasteiger partial charge >= 0.3 is 0 Å². The Hall–Kier alpha value is -1.53. The van der Waals surface area contributed by atoms with E-state index in [1.165, 1.54) is 6.07 Å². The van der Waals surface area contributed by atoms with Gasteiger partial charge in [0.2, 0.25) is 5.91 Å². The monoisotopic (exact) mass is 486 g/mol. The van der Waals surface area contributed by atoms with Crippen LogP contribution in [-0.2, 0) is 4.79 Å². The average Bonchev–Trinajstić information content (AvgIpc) is 2.65. The van der Waals surface area contributed by atoms with Crippen LogP contribution in [0.15, 0.2) is 30.3 Å². The minimum Gasteiger partial charge on any atom is -0.493 e. The smallest absolute Gasteiger partial charge is 0.231 e. The molecule has 2 aromatic rings. The molecular weight excluding hydrogens is 463 g/mol. The van der Waals surface area contributed by atoms with Crippen molar-refractivity contribution in [2.45, 2.75) is 40.5 Å². The highest BCUT2D eigenvalue weighted by atomic mass is 35.5. The topological polar surface area (TPSA) is 50.4 Å². The minimum absolute atomic E-state index is 0.139. The second-order valence-electron chi connectivity index (χ2n) is 7.76. The van der Waals surface area contributed by atoms with E-state index in [-0.39, 0.29) is 11.0 Å². The molecule has 2 N–H and O–H groups in total. The van der Waals surface area contributed by atoms with Crippen LogP contribution in [0.4, 0.5) is 5.69 Å². The van der Waals surface area contributed by atoms with Gasteiger partial charge in [0.1, 0.15) is 5.75 Å². The molecule has 0 heterocycles. The van der Waals surface area contributed by atoms with Gasteiger partial charge in [-0.15, -0.1) is 0 Å². The first kappa shape index (κ1) is 24.7. The molecule has 0 aliphatic rings. The van der Waals surface area contributed by atoms with Crippen molar-refractivity contribution in [3.63, 3.8) is 0 Å².